The Morgan fingerprint density at radius 3 is 2.75 bits per heavy atom. The van der Waals surface area contributed by atoms with E-state index in [1.165, 1.54) is 6.42 Å². The number of azide groups is 1. The molecule has 0 aromatic rings. The number of nitrogens with zero attached hydrogens (tertiary/aromatic N) is 3. The molecule has 5 heteroatoms. The monoisotopic (exact) mass is 331 g/mol. The molecule has 0 heterocycles. The van der Waals surface area contributed by atoms with Gasteiger partial charge in [-0.05, 0) is 79.6 Å². The van der Waals surface area contributed by atoms with Gasteiger partial charge in [0, 0.05) is 16.7 Å². The second kappa shape index (κ2) is 5.47. The van der Waals surface area contributed by atoms with Crippen molar-refractivity contribution in [2.45, 2.75) is 77.4 Å². The third-order valence-electron chi connectivity index (χ3n) is 8.59. The topological polar surface area (TPSA) is 86.1 Å². The first kappa shape index (κ1) is 16.4. The van der Waals surface area contributed by atoms with E-state index in [0.29, 0.717) is 29.5 Å². The van der Waals surface area contributed by atoms with Gasteiger partial charge in [-0.2, -0.15) is 0 Å². The van der Waals surface area contributed by atoms with Crippen molar-refractivity contribution in [3.63, 3.8) is 0 Å². The molecule has 0 bridgehead atoms. The van der Waals surface area contributed by atoms with Crippen LogP contribution < -0.4 is 0 Å². The molecule has 0 amide bonds. The second-order valence-corrected chi connectivity index (χ2v) is 9.35. The third kappa shape index (κ3) is 2.10. The molecular weight excluding hydrogens is 302 g/mol. The number of aliphatic hydroxyl groups excluding tert-OH is 1. The van der Waals surface area contributed by atoms with Crippen LogP contribution in [0.4, 0.5) is 0 Å². The normalized spacial score (nSPS) is 53.5. The summed E-state index contributed by atoms with van der Waals surface area (Å²) in [7, 11) is 0. The van der Waals surface area contributed by atoms with Crippen LogP contribution >= 0.6 is 0 Å². The SMILES string of the molecule is C[C@]12C[C@@H](N=[N+]=[N-])[C@H](O)C[C@@H]1CC[C@@H]1[C@@H]2CC[C@]2(C)C(=O)CC[C@@H]12. The molecule has 0 aliphatic heterocycles. The van der Waals surface area contributed by atoms with Crippen molar-refractivity contribution in [2.75, 3.05) is 0 Å². The van der Waals surface area contributed by atoms with Crippen molar-refractivity contribution < 1.29 is 9.90 Å². The number of carbonyl (C=O) groups is 1. The average molecular weight is 331 g/mol. The fraction of sp³-hybridized carbons (Fsp3) is 0.947. The minimum atomic E-state index is -0.488. The van der Waals surface area contributed by atoms with Crippen LogP contribution in [0.1, 0.15) is 65.2 Å². The summed E-state index contributed by atoms with van der Waals surface area (Å²) in [5, 5.41) is 14.3. The van der Waals surface area contributed by atoms with Gasteiger partial charge in [0.05, 0.1) is 12.1 Å². The van der Waals surface area contributed by atoms with Gasteiger partial charge in [-0.1, -0.05) is 19.0 Å². The van der Waals surface area contributed by atoms with E-state index in [2.05, 4.69) is 23.9 Å². The lowest BCUT2D eigenvalue weighted by Crippen LogP contribution is -2.56. The molecule has 0 unspecified atom stereocenters. The maximum atomic E-state index is 12.5. The average Bonchev–Trinajstić information content (AvgIpc) is 2.85. The molecule has 4 rings (SSSR count). The Labute approximate surface area is 143 Å². The highest BCUT2D eigenvalue weighted by Gasteiger charge is 2.61. The first-order valence-corrected chi connectivity index (χ1v) is 9.65. The van der Waals surface area contributed by atoms with Crippen molar-refractivity contribution in [1.29, 1.82) is 0 Å². The van der Waals surface area contributed by atoms with E-state index in [-0.39, 0.29) is 16.9 Å². The van der Waals surface area contributed by atoms with Gasteiger partial charge >= 0.3 is 0 Å². The van der Waals surface area contributed by atoms with E-state index < -0.39 is 6.10 Å². The zero-order chi connectivity index (χ0) is 17.1. The summed E-state index contributed by atoms with van der Waals surface area (Å²) in [5.74, 6) is 2.82. The molecule has 8 atom stereocenters. The van der Waals surface area contributed by atoms with Crippen LogP contribution in [-0.2, 0) is 4.79 Å². The summed E-state index contributed by atoms with van der Waals surface area (Å²) in [6.07, 6.45) is 7.42. The first-order chi connectivity index (χ1) is 11.4. The Hall–Kier alpha value is -1.06. The lowest BCUT2D eigenvalue weighted by molar-refractivity contribution is -0.144. The molecule has 5 nitrogen and oxygen atoms in total. The highest BCUT2D eigenvalue weighted by molar-refractivity contribution is 5.87. The van der Waals surface area contributed by atoms with E-state index in [0.717, 1.165) is 44.9 Å². The van der Waals surface area contributed by atoms with Gasteiger partial charge in [-0.15, -0.1) is 0 Å². The smallest absolute Gasteiger partial charge is 0.139 e. The second-order valence-electron chi connectivity index (χ2n) is 9.35. The Kier molecular flexibility index (Phi) is 3.74. The van der Waals surface area contributed by atoms with Gasteiger partial charge in [0.2, 0.25) is 0 Å². The first-order valence-electron chi connectivity index (χ1n) is 9.65. The number of aliphatic hydroxyl groups is 1. The molecule has 4 aliphatic rings. The van der Waals surface area contributed by atoms with Crippen molar-refractivity contribution in [1.82, 2.24) is 0 Å². The summed E-state index contributed by atoms with van der Waals surface area (Å²) in [6.45, 7) is 4.59. The van der Waals surface area contributed by atoms with Crippen molar-refractivity contribution in [3.8, 4) is 0 Å². The predicted octanol–water partition coefficient (Wildman–Crippen LogP) is 4.25. The molecule has 4 aliphatic carbocycles. The Morgan fingerprint density at radius 2 is 2.00 bits per heavy atom. The van der Waals surface area contributed by atoms with E-state index in [4.69, 9.17) is 5.53 Å². The highest BCUT2D eigenvalue weighted by Crippen LogP contribution is 2.65. The molecule has 0 aromatic heterocycles. The van der Waals surface area contributed by atoms with Crippen LogP contribution in [-0.4, -0.2) is 23.0 Å². The summed E-state index contributed by atoms with van der Waals surface area (Å²) >= 11 is 0. The van der Waals surface area contributed by atoms with Gasteiger partial charge in [0.15, 0.2) is 0 Å². The van der Waals surface area contributed by atoms with Crippen molar-refractivity contribution >= 4 is 5.78 Å². The van der Waals surface area contributed by atoms with Crippen molar-refractivity contribution in [3.05, 3.63) is 10.4 Å². The molecule has 0 saturated heterocycles. The summed E-state index contributed by atoms with van der Waals surface area (Å²) < 4.78 is 0. The van der Waals surface area contributed by atoms with Gasteiger partial charge in [0.1, 0.15) is 5.78 Å². The zero-order valence-corrected chi connectivity index (χ0v) is 14.8. The molecule has 24 heavy (non-hydrogen) atoms. The van der Waals surface area contributed by atoms with Crippen LogP contribution in [0.15, 0.2) is 5.11 Å². The standard InChI is InChI=1S/C19H29N3O2/c1-18-8-7-14-12(13(18)5-6-17(18)24)4-3-11-9-16(23)15(21-22-20)10-19(11,14)2/h11-16,23H,3-10H2,1-2H3/t11-,12-,13-,14-,15+,16+,18-,19-/m0/s1. The minimum Gasteiger partial charge on any atom is -0.393 e. The van der Waals surface area contributed by atoms with Gasteiger partial charge in [-0.25, -0.2) is 0 Å². The van der Waals surface area contributed by atoms with E-state index in [1.54, 1.807) is 0 Å². The molecule has 4 saturated carbocycles. The summed E-state index contributed by atoms with van der Waals surface area (Å²) in [6, 6.07) is -0.284. The number of ketones is 1. The Morgan fingerprint density at radius 1 is 1.21 bits per heavy atom. The zero-order valence-electron chi connectivity index (χ0n) is 14.8. The molecular formula is C19H29N3O2. The lowest BCUT2D eigenvalue weighted by Gasteiger charge is -2.60. The number of Topliss-reactive ketones (excluding diaryl/α,β-unsaturated/α-hetero) is 1. The predicted molar refractivity (Wildman–Crippen MR) is 91.1 cm³/mol. The number of hydrogen-bond acceptors (Lipinski definition) is 3. The highest BCUT2D eigenvalue weighted by atomic mass is 16.3. The maximum absolute atomic E-state index is 12.5. The Balaban J connectivity index is 1.65. The summed E-state index contributed by atoms with van der Waals surface area (Å²) in [4.78, 5) is 15.4. The molecule has 132 valence electrons. The third-order valence-corrected chi connectivity index (χ3v) is 8.59. The number of fused-ring (bicyclic) bond motifs is 5. The van der Waals surface area contributed by atoms with Crippen molar-refractivity contribution in [2.24, 2.45) is 39.6 Å². The molecule has 0 aromatic carbocycles. The van der Waals surface area contributed by atoms with Crippen LogP contribution in [0.2, 0.25) is 0 Å². The summed E-state index contributed by atoms with van der Waals surface area (Å²) in [5.41, 5.74) is 8.91. The molecule has 0 radical (unpaired) electrons. The minimum absolute atomic E-state index is 0.0806. The van der Waals surface area contributed by atoms with Crippen LogP contribution in [0, 0.1) is 34.5 Å². The molecule has 0 spiro atoms. The quantitative estimate of drug-likeness (QED) is 0.442. The van der Waals surface area contributed by atoms with Gasteiger partial charge in [0.25, 0.3) is 0 Å². The van der Waals surface area contributed by atoms with Gasteiger partial charge < -0.3 is 5.11 Å². The largest absolute Gasteiger partial charge is 0.393 e. The number of hydrogen-bond donors (Lipinski definition) is 1. The molecule has 1 N–H and O–H groups in total. The Bertz CT molecular complexity index is 601. The fourth-order valence-electron chi connectivity index (χ4n) is 7.23. The molecule has 4 fully saturated rings. The van der Waals surface area contributed by atoms with E-state index in [1.807, 2.05) is 0 Å². The lowest BCUT2D eigenvalue weighted by atomic mass is 9.45. The van der Waals surface area contributed by atoms with Crippen LogP contribution in [0.3, 0.4) is 0 Å². The van der Waals surface area contributed by atoms with Gasteiger partial charge in [-0.3, -0.25) is 4.79 Å². The van der Waals surface area contributed by atoms with Crippen LogP contribution in [0.5, 0.6) is 0 Å². The maximum Gasteiger partial charge on any atom is 0.139 e. The number of carbonyl (C=O) groups excluding carboxylic acids is 1. The van der Waals surface area contributed by atoms with E-state index in [9.17, 15) is 9.90 Å². The number of rotatable bonds is 1. The fourth-order valence-corrected chi connectivity index (χ4v) is 7.23. The van der Waals surface area contributed by atoms with E-state index >= 15 is 0 Å². The van der Waals surface area contributed by atoms with Crippen LogP contribution in [0.25, 0.3) is 10.4 Å².